The summed E-state index contributed by atoms with van der Waals surface area (Å²) in [5.74, 6) is 1.37. The molecular weight excluding hydrogens is 596 g/mol. The summed E-state index contributed by atoms with van der Waals surface area (Å²) in [5, 5.41) is 0. The van der Waals surface area contributed by atoms with E-state index in [1.807, 2.05) is 0 Å². The predicted molar refractivity (Wildman–Crippen MR) is 181 cm³/mol. The lowest BCUT2D eigenvalue weighted by atomic mass is 9.87. The molecule has 3 heterocycles. The molecule has 47 heavy (non-hydrogen) atoms. The quantitative estimate of drug-likeness (QED) is 0.101. The zero-order valence-corrected chi connectivity index (χ0v) is 29.3. The van der Waals surface area contributed by atoms with Gasteiger partial charge in [-0.15, -0.1) is 0 Å². The Morgan fingerprint density at radius 3 is 2.26 bits per heavy atom. The molecule has 3 unspecified atom stereocenters. The lowest BCUT2D eigenvalue weighted by Gasteiger charge is -2.31. The van der Waals surface area contributed by atoms with Crippen LogP contribution in [0.5, 0.6) is 0 Å². The van der Waals surface area contributed by atoms with Gasteiger partial charge in [-0.25, -0.2) is 0 Å². The third-order valence-electron chi connectivity index (χ3n) is 11.2. The van der Waals surface area contributed by atoms with E-state index in [1.165, 1.54) is 38.5 Å². The van der Waals surface area contributed by atoms with Crippen molar-refractivity contribution in [2.45, 2.75) is 173 Å². The second kappa shape index (κ2) is 20.5. The fourth-order valence-electron chi connectivity index (χ4n) is 8.36. The first-order chi connectivity index (χ1) is 23.1. The van der Waals surface area contributed by atoms with Crippen molar-refractivity contribution in [3.05, 3.63) is 12.2 Å². The Bertz CT molecular complexity index is 935. The standard InChI is InChI=1S/C39H64O8/c1-2-3-12-29-17-18-30(27-29)35(46-38-15-6-10-25-44-38)22-21-33-32(34(41)28-36(33)47-39-16-7-11-26-45-39)20-19-31(40)13-4-8-23-42-37-14-5-9-24-43-37/h21-22,29-30,32-33,35-39H,2-20,23-28H2,1H3/b22-21+/t29-,30-,32+,33+,35+,36+,37?,38?,39?/m0/s1. The Labute approximate surface area is 284 Å². The maximum Gasteiger partial charge on any atom is 0.158 e. The summed E-state index contributed by atoms with van der Waals surface area (Å²) >= 11 is 0. The van der Waals surface area contributed by atoms with Gasteiger partial charge in [0.25, 0.3) is 0 Å². The smallest absolute Gasteiger partial charge is 0.158 e. The van der Waals surface area contributed by atoms with Crippen LogP contribution in [0.4, 0.5) is 0 Å². The van der Waals surface area contributed by atoms with Crippen LogP contribution in [-0.2, 0) is 38.0 Å². The summed E-state index contributed by atoms with van der Waals surface area (Å²) in [6.45, 7) is 5.15. The van der Waals surface area contributed by atoms with E-state index in [9.17, 15) is 9.59 Å². The number of hydrogen-bond donors (Lipinski definition) is 0. The van der Waals surface area contributed by atoms with Gasteiger partial charge in [0.2, 0.25) is 0 Å². The van der Waals surface area contributed by atoms with Gasteiger partial charge in [0.05, 0.1) is 12.2 Å². The maximum atomic E-state index is 13.5. The third-order valence-corrected chi connectivity index (χ3v) is 11.2. The van der Waals surface area contributed by atoms with Gasteiger partial charge in [-0.2, -0.15) is 0 Å². The molecule has 3 aliphatic heterocycles. The van der Waals surface area contributed by atoms with E-state index < -0.39 is 0 Å². The van der Waals surface area contributed by atoms with Crippen molar-refractivity contribution < 1.29 is 38.0 Å². The molecule has 8 heteroatoms. The molecule has 2 saturated carbocycles. The number of unbranched alkanes of at least 4 members (excludes halogenated alkanes) is 2. The summed E-state index contributed by atoms with van der Waals surface area (Å²) < 4.78 is 36.7. The molecule has 0 bridgehead atoms. The van der Waals surface area contributed by atoms with Crippen LogP contribution < -0.4 is 0 Å². The molecule has 5 fully saturated rings. The second-order valence-corrected chi connectivity index (χ2v) is 14.9. The molecule has 9 atom stereocenters. The monoisotopic (exact) mass is 660 g/mol. The minimum atomic E-state index is -0.254. The predicted octanol–water partition coefficient (Wildman–Crippen LogP) is 8.24. The molecule has 0 aromatic rings. The average Bonchev–Trinajstić information content (AvgIpc) is 3.69. The van der Waals surface area contributed by atoms with Crippen LogP contribution in [-0.4, -0.2) is 69.1 Å². The first-order valence-electron chi connectivity index (χ1n) is 19.6. The van der Waals surface area contributed by atoms with Crippen molar-refractivity contribution in [3.63, 3.8) is 0 Å². The van der Waals surface area contributed by atoms with E-state index in [4.69, 9.17) is 28.4 Å². The summed E-state index contributed by atoms with van der Waals surface area (Å²) in [6, 6.07) is 0. The van der Waals surface area contributed by atoms with Crippen molar-refractivity contribution >= 4 is 11.6 Å². The molecule has 268 valence electrons. The minimum absolute atomic E-state index is 0.0319. The van der Waals surface area contributed by atoms with Crippen molar-refractivity contribution in [2.75, 3.05) is 26.4 Å². The number of carbonyl (C=O) groups excluding carboxylic acids is 2. The summed E-state index contributed by atoms with van der Waals surface area (Å²) in [5.41, 5.74) is 0. The SMILES string of the molecule is CCCC[C@H]1CC[C@H]([C@@H](/C=C/[C@H]2[C@H](OC3CCCCO3)CC(=O)[C@@H]2CCC(=O)CCCCOC2CCCCO2)OC2CCCCO2)C1. The van der Waals surface area contributed by atoms with Crippen molar-refractivity contribution in [3.8, 4) is 0 Å². The molecule has 0 radical (unpaired) electrons. The number of hydrogen-bond acceptors (Lipinski definition) is 8. The summed E-state index contributed by atoms with van der Waals surface area (Å²) in [7, 11) is 0. The highest BCUT2D eigenvalue weighted by molar-refractivity contribution is 5.86. The Hall–Kier alpha value is -1.16. The number of rotatable bonds is 19. The Balaban J connectivity index is 1.19. The second-order valence-electron chi connectivity index (χ2n) is 14.9. The van der Waals surface area contributed by atoms with Crippen LogP contribution in [0.15, 0.2) is 12.2 Å². The molecule has 0 amide bonds. The zero-order valence-electron chi connectivity index (χ0n) is 29.3. The van der Waals surface area contributed by atoms with E-state index >= 15 is 0 Å². The molecular formula is C39H64O8. The van der Waals surface area contributed by atoms with Crippen LogP contribution in [0.3, 0.4) is 0 Å². The van der Waals surface area contributed by atoms with Crippen LogP contribution in [0.25, 0.3) is 0 Å². The first kappa shape index (κ1) is 37.1. The van der Waals surface area contributed by atoms with Crippen LogP contribution >= 0.6 is 0 Å². The lowest BCUT2D eigenvalue weighted by Crippen LogP contribution is -2.32. The van der Waals surface area contributed by atoms with E-state index in [-0.39, 0.29) is 54.5 Å². The van der Waals surface area contributed by atoms with Crippen LogP contribution in [0.1, 0.15) is 142 Å². The highest BCUT2D eigenvalue weighted by atomic mass is 16.7. The van der Waals surface area contributed by atoms with Crippen molar-refractivity contribution in [2.24, 2.45) is 23.7 Å². The van der Waals surface area contributed by atoms with E-state index in [0.717, 1.165) is 89.8 Å². The van der Waals surface area contributed by atoms with Gasteiger partial charge in [-0.3, -0.25) is 9.59 Å². The average molecular weight is 661 g/mol. The van der Waals surface area contributed by atoms with E-state index in [0.29, 0.717) is 44.8 Å². The highest BCUT2D eigenvalue weighted by Gasteiger charge is 2.43. The van der Waals surface area contributed by atoms with Gasteiger partial charge in [0.1, 0.15) is 11.6 Å². The largest absolute Gasteiger partial charge is 0.353 e. The third kappa shape index (κ3) is 12.3. The molecule has 0 aromatic heterocycles. The Morgan fingerprint density at radius 1 is 0.830 bits per heavy atom. The number of ether oxygens (including phenoxy) is 6. The van der Waals surface area contributed by atoms with Gasteiger partial charge in [0, 0.05) is 57.5 Å². The van der Waals surface area contributed by atoms with Crippen molar-refractivity contribution in [1.82, 2.24) is 0 Å². The molecule has 3 saturated heterocycles. The first-order valence-corrected chi connectivity index (χ1v) is 19.6. The lowest BCUT2D eigenvalue weighted by molar-refractivity contribution is -0.193. The van der Waals surface area contributed by atoms with E-state index in [1.54, 1.807) is 0 Å². The number of carbonyl (C=O) groups is 2. The highest BCUT2D eigenvalue weighted by Crippen LogP contribution is 2.41. The maximum absolute atomic E-state index is 13.5. The van der Waals surface area contributed by atoms with Crippen molar-refractivity contribution in [1.29, 1.82) is 0 Å². The zero-order chi connectivity index (χ0) is 32.7. The molecule has 5 rings (SSSR count). The van der Waals surface area contributed by atoms with E-state index in [2.05, 4.69) is 19.1 Å². The van der Waals surface area contributed by atoms with Crippen LogP contribution in [0.2, 0.25) is 0 Å². The fourth-order valence-corrected chi connectivity index (χ4v) is 8.36. The molecule has 8 nitrogen and oxygen atoms in total. The number of Topliss-reactive ketones (excluding diaryl/α,β-unsaturated/α-hetero) is 2. The van der Waals surface area contributed by atoms with Gasteiger partial charge < -0.3 is 28.4 Å². The van der Waals surface area contributed by atoms with Gasteiger partial charge >= 0.3 is 0 Å². The Morgan fingerprint density at radius 2 is 1.55 bits per heavy atom. The molecule has 2 aliphatic carbocycles. The Kier molecular flexibility index (Phi) is 16.2. The molecule has 0 N–H and O–H groups in total. The summed E-state index contributed by atoms with van der Waals surface area (Å²) in [4.78, 5) is 26.5. The van der Waals surface area contributed by atoms with Gasteiger partial charge in [-0.1, -0.05) is 44.8 Å². The molecule has 0 spiro atoms. The van der Waals surface area contributed by atoms with Gasteiger partial charge in [-0.05, 0) is 102 Å². The summed E-state index contributed by atoms with van der Waals surface area (Å²) in [6.07, 6.45) is 24.2. The van der Waals surface area contributed by atoms with Crippen LogP contribution in [0, 0.1) is 23.7 Å². The topological polar surface area (TPSA) is 89.5 Å². The normalized spacial score (nSPS) is 34.3. The molecule has 5 aliphatic rings. The van der Waals surface area contributed by atoms with Gasteiger partial charge in [0.15, 0.2) is 18.9 Å². The minimum Gasteiger partial charge on any atom is -0.353 e. The number of ketones is 2. The fraction of sp³-hybridized carbons (Fsp3) is 0.897. The molecule has 0 aromatic carbocycles.